The fraction of sp³-hybridized carbons (Fsp3) is 0.700. The minimum atomic E-state index is -3.10. The molecule has 0 aromatic carbocycles. The van der Waals surface area contributed by atoms with Gasteiger partial charge in [-0.2, -0.15) is 0 Å². The van der Waals surface area contributed by atoms with E-state index in [9.17, 15) is 18.0 Å². The van der Waals surface area contributed by atoms with Crippen molar-refractivity contribution >= 4 is 33.1 Å². The minimum Gasteiger partial charge on any atom is -0.451 e. The van der Waals surface area contributed by atoms with Gasteiger partial charge in [0.25, 0.3) is 5.91 Å². The van der Waals surface area contributed by atoms with Crippen LogP contribution in [0.15, 0.2) is 6.07 Å². The molecule has 1 aliphatic heterocycles. The van der Waals surface area contributed by atoms with E-state index in [0.29, 0.717) is 23.6 Å². The SMILES string of the molecule is CCC(C)N(C(=O)COC(=O)c1cc2c(s1)CCC(C)C2)C1CCS(=O)(=O)C1. The molecule has 0 spiro atoms. The summed E-state index contributed by atoms with van der Waals surface area (Å²) in [6.45, 7) is 5.72. The van der Waals surface area contributed by atoms with Gasteiger partial charge >= 0.3 is 5.97 Å². The van der Waals surface area contributed by atoms with Crippen LogP contribution in [0.4, 0.5) is 0 Å². The lowest BCUT2D eigenvalue weighted by atomic mass is 9.90. The topological polar surface area (TPSA) is 80.8 Å². The van der Waals surface area contributed by atoms with Gasteiger partial charge in [0.1, 0.15) is 4.88 Å². The molecule has 3 unspecified atom stereocenters. The zero-order valence-corrected chi connectivity index (χ0v) is 18.4. The summed E-state index contributed by atoms with van der Waals surface area (Å²) in [5, 5.41) is 0. The Morgan fingerprint density at radius 3 is 2.75 bits per heavy atom. The van der Waals surface area contributed by atoms with E-state index in [0.717, 1.165) is 19.3 Å². The van der Waals surface area contributed by atoms with Gasteiger partial charge in [0, 0.05) is 17.0 Å². The van der Waals surface area contributed by atoms with Crippen molar-refractivity contribution in [2.24, 2.45) is 5.92 Å². The molecule has 1 amide bonds. The standard InChI is InChI=1S/C20H29NO5S2/c1-4-14(3)21(16-7-8-28(24,25)12-16)19(22)11-26-20(23)18-10-15-9-13(2)5-6-17(15)27-18/h10,13-14,16H,4-9,11-12H2,1-3H3. The van der Waals surface area contributed by atoms with Crippen molar-refractivity contribution < 1.29 is 22.7 Å². The lowest BCUT2D eigenvalue weighted by molar-refractivity contribution is -0.138. The number of carbonyl (C=O) groups excluding carboxylic acids is 2. The summed E-state index contributed by atoms with van der Waals surface area (Å²) in [6.07, 6.45) is 4.27. The summed E-state index contributed by atoms with van der Waals surface area (Å²) >= 11 is 1.46. The number of carbonyl (C=O) groups is 2. The third-order valence-electron chi connectivity index (χ3n) is 5.81. The Bertz CT molecular complexity index is 845. The quantitative estimate of drug-likeness (QED) is 0.652. The minimum absolute atomic E-state index is 0.00709. The molecule has 1 aromatic rings. The highest BCUT2D eigenvalue weighted by molar-refractivity contribution is 7.91. The molecule has 1 aliphatic carbocycles. The molecule has 156 valence electrons. The van der Waals surface area contributed by atoms with E-state index in [4.69, 9.17) is 4.74 Å². The number of rotatable bonds is 6. The van der Waals surface area contributed by atoms with Gasteiger partial charge in [-0.1, -0.05) is 13.8 Å². The van der Waals surface area contributed by atoms with Gasteiger partial charge in [0.05, 0.1) is 11.5 Å². The molecule has 6 nitrogen and oxygen atoms in total. The van der Waals surface area contributed by atoms with Crippen LogP contribution in [0.25, 0.3) is 0 Å². The van der Waals surface area contributed by atoms with Crippen LogP contribution in [0.2, 0.25) is 0 Å². The summed E-state index contributed by atoms with van der Waals surface area (Å²) in [6, 6.07) is 1.47. The number of fused-ring (bicyclic) bond motifs is 1. The van der Waals surface area contributed by atoms with E-state index in [1.165, 1.54) is 21.8 Å². The van der Waals surface area contributed by atoms with E-state index in [1.807, 2.05) is 19.9 Å². The Morgan fingerprint density at radius 2 is 2.11 bits per heavy atom. The molecule has 8 heteroatoms. The Hall–Kier alpha value is -1.41. The molecule has 1 fully saturated rings. The van der Waals surface area contributed by atoms with Gasteiger partial charge in [0.15, 0.2) is 16.4 Å². The third-order valence-corrected chi connectivity index (χ3v) is 8.78. The van der Waals surface area contributed by atoms with Gasteiger partial charge in [-0.25, -0.2) is 13.2 Å². The molecule has 2 heterocycles. The molecular weight excluding hydrogens is 398 g/mol. The zero-order valence-electron chi connectivity index (χ0n) is 16.8. The van der Waals surface area contributed by atoms with E-state index in [2.05, 4.69) is 6.92 Å². The van der Waals surface area contributed by atoms with Gasteiger partial charge in [0.2, 0.25) is 0 Å². The highest BCUT2D eigenvalue weighted by Gasteiger charge is 2.36. The third kappa shape index (κ3) is 4.76. The molecular formula is C20H29NO5S2. The van der Waals surface area contributed by atoms with Crippen LogP contribution in [0.3, 0.4) is 0 Å². The lowest BCUT2D eigenvalue weighted by Gasteiger charge is -2.33. The van der Waals surface area contributed by atoms with Crippen molar-refractivity contribution in [1.82, 2.24) is 4.90 Å². The van der Waals surface area contributed by atoms with Crippen molar-refractivity contribution in [2.75, 3.05) is 18.1 Å². The van der Waals surface area contributed by atoms with Crippen molar-refractivity contribution in [3.63, 3.8) is 0 Å². The summed E-state index contributed by atoms with van der Waals surface area (Å²) < 4.78 is 29.0. The zero-order chi connectivity index (χ0) is 20.5. The average molecular weight is 428 g/mol. The number of esters is 1. The summed E-state index contributed by atoms with van der Waals surface area (Å²) in [7, 11) is -3.10. The van der Waals surface area contributed by atoms with Gasteiger partial charge < -0.3 is 9.64 Å². The molecule has 3 rings (SSSR count). The van der Waals surface area contributed by atoms with Crippen LogP contribution < -0.4 is 0 Å². The Morgan fingerprint density at radius 1 is 1.36 bits per heavy atom. The largest absolute Gasteiger partial charge is 0.451 e. The fourth-order valence-corrected chi connectivity index (χ4v) is 6.89. The molecule has 2 aliphatic rings. The summed E-state index contributed by atoms with van der Waals surface area (Å²) in [5.74, 6) is -0.0634. The van der Waals surface area contributed by atoms with Crippen LogP contribution in [0, 0.1) is 5.92 Å². The van der Waals surface area contributed by atoms with E-state index >= 15 is 0 Å². The van der Waals surface area contributed by atoms with Crippen LogP contribution in [0.1, 0.15) is 60.1 Å². The van der Waals surface area contributed by atoms with E-state index < -0.39 is 15.8 Å². The Labute approximate surface area is 171 Å². The maximum Gasteiger partial charge on any atom is 0.348 e. The second kappa shape index (κ2) is 8.53. The van der Waals surface area contributed by atoms with Crippen molar-refractivity contribution in [3.05, 3.63) is 21.4 Å². The number of hydrogen-bond acceptors (Lipinski definition) is 6. The summed E-state index contributed by atoms with van der Waals surface area (Å²) in [4.78, 5) is 28.6. The number of aryl methyl sites for hydroxylation is 1. The first kappa shape index (κ1) is 21.3. The highest BCUT2D eigenvalue weighted by Crippen LogP contribution is 2.32. The maximum atomic E-state index is 12.8. The monoisotopic (exact) mass is 427 g/mol. The van der Waals surface area contributed by atoms with Crippen LogP contribution in [-0.2, 0) is 32.2 Å². The van der Waals surface area contributed by atoms with E-state index in [1.54, 1.807) is 4.90 Å². The Kier molecular flexibility index (Phi) is 6.49. The molecule has 0 saturated carbocycles. The van der Waals surface area contributed by atoms with Gasteiger partial charge in [-0.15, -0.1) is 11.3 Å². The van der Waals surface area contributed by atoms with Gasteiger partial charge in [-0.3, -0.25) is 4.79 Å². The molecule has 1 saturated heterocycles. The predicted molar refractivity (Wildman–Crippen MR) is 109 cm³/mol. The normalized spacial score (nSPS) is 24.4. The number of thiophene rings is 1. The van der Waals surface area contributed by atoms with Gasteiger partial charge in [-0.05, 0) is 56.6 Å². The highest BCUT2D eigenvalue weighted by atomic mass is 32.2. The molecule has 3 atom stereocenters. The molecule has 0 radical (unpaired) electrons. The average Bonchev–Trinajstić information content (AvgIpc) is 3.22. The molecule has 28 heavy (non-hydrogen) atoms. The number of amides is 1. The second-order valence-electron chi connectivity index (χ2n) is 8.10. The Balaban J connectivity index is 1.63. The van der Waals surface area contributed by atoms with Crippen molar-refractivity contribution in [1.29, 1.82) is 0 Å². The lowest BCUT2D eigenvalue weighted by Crippen LogP contribution is -2.48. The number of hydrogen-bond donors (Lipinski definition) is 0. The van der Waals surface area contributed by atoms with Crippen LogP contribution >= 0.6 is 11.3 Å². The molecule has 0 bridgehead atoms. The first-order valence-electron chi connectivity index (χ1n) is 10.0. The molecule has 1 aromatic heterocycles. The van der Waals surface area contributed by atoms with Crippen molar-refractivity contribution in [2.45, 2.75) is 65.0 Å². The maximum absolute atomic E-state index is 12.8. The molecule has 0 N–H and O–H groups in total. The second-order valence-corrected chi connectivity index (χ2v) is 11.5. The van der Waals surface area contributed by atoms with E-state index in [-0.39, 0.29) is 36.1 Å². The summed E-state index contributed by atoms with van der Waals surface area (Å²) in [5.41, 5.74) is 1.22. The first-order valence-corrected chi connectivity index (χ1v) is 12.6. The predicted octanol–water partition coefficient (Wildman–Crippen LogP) is 2.84. The number of ether oxygens (including phenoxy) is 1. The van der Waals surface area contributed by atoms with Crippen molar-refractivity contribution in [3.8, 4) is 0 Å². The smallest absolute Gasteiger partial charge is 0.348 e. The van der Waals surface area contributed by atoms with Crippen LogP contribution in [0.5, 0.6) is 0 Å². The number of sulfone groups is 1. The first-order chi connectivity index (χ1) is 13.2. The fourth-order valence-electron chi connectivity index (χ4n) is 4.08. The van der Waals surface area contributed by atoms with Crippen LogP contribution in [-0.4, -0.2) is 55.4 Å². The number of nitrogens with zero attached hydrogens (tertiary/aromatic N) is 1.